The van der Waals surface area contributed by atoms with Crippen LogP contribution in [0, 0.1) is 22.7 Å². The molecule has 7 heteroatoms. The van der Waals surface area contributed by atoms with Crippen molar-refractivity contribution >= 4 is 11.9 Å². The number of allylic oxidation sites excluding steroid dienone is 3. The Kier molecular flexibility index (Phi) is 8.09. The fraction of sp³-hybridized carbons (Fsp3) is 0.414. The maximum atomic E-state index is 13.1. The minimum absolute atomic E-state index is 0.0198. The van der Waals surface area contributed by atoms with Crippen molar-refractivity contribution in [1.29, 1.82) is 5.26 Å². The molecule has 3 rings (SSSR count). The molecule has 1 aliphatic rings. The van der Waals surface area contributed by atoms with Gasteiger partial charge in [0.05, 0.1) is 11.5 Å². The van der Waals surface area contributed by atoms with E-state index in [0.29, 0.717) is 17.8 Å². The number of hydrogen-bond acceptors (Lipinski definition) is 6. The largest absolute Gasteiger partial charge is 0.458 e. The predicted molar refractivity (Wildman–Crippen MR) is 138 cm³/mol. The van der Waals surface area contributed by atoms with Crippen LogP contribution in [0.15, 0.2) is 60.5 Å². The van der Waals surface area contributed by atoms with Crippen LogP contribution in [0.1, 0.15) is 59.1 Å². The smallest absolute Gasteiger partial charge is 0.329 e. The summed E-state index contributed by atoms with van der Waals surface area (Å²) in [6.45, 7) is 11.8. The maximum Gasteiger partial charge on any atom is 0.329 e. The molecule has 0 spiro atoms. The molecule has 1 amide bonds. The highest BCUT2D eigenvalue weighted by Gasteiger charge is 2.30. The Bertz CT molecular complexity index is 1190. The summed E-state index contributed by atoms with van der Waals surface area (Å²) in [5, 5.41) is 11.8. The first-order valence-electron chi connectivity index (χ1n) is 12.1. The molecule has 0 fully saturated rings. The zero-order valence-electron chi connectivity index (χ0n) is 21.8. The fourth-order valence-corrected chi connectivity index (χ4v) is 3.78. The van der Waals surface area contributed by atoms with E-state index in [1.54, 1.807) is 20.8 Å². The lowest BCUT2D eigenvalue weighted by Crippen LogP contribution is -2.47. The van der Waals surface area contributed by atoms with E-state index in [1.807, 2.05) is 42.5 Å². The summed E-state index contributed by atoms with van der Waals surface area (Å²) < 4.78 is 5.61. The van der Waals surface area contributed by atoms with Gasteiger partial charge in [0.15, 0.2) is 5.82 Å². The fourth-order valence-electron chi connectivity index (χ4n) is 3.78. The van der Waals surface area contributed by atoms with Gasteiger partial charge in [0.25, 0.3) is 0 Å². The van der Waals surface area contributed by atoms with Gasteiger partial charge in [-0.1, -0.05) is 63.3 Å². The van der Waals surface area contributed by atoms with Crippen LogP contribution in [-0.4, -0.2) is 33.5 Å². The molecule has 7 nitrogen and oxygen atoms in total. The molecule has 0 bridgehead atoms. The molecule has 1 aromatic carbocycles. The van der Waals surface area contributed by atoms with Crippen LogP contribution in [0.4, 0.5) is 0 Å². The lowest BCUT2D eigenvalue weighted by molar-refractivity contribution is -0.158. The predicted octanol–water partition coefficient (Wildman–Crippen LogP) is 4.93. The number of rotatable bonds is 6. The Morgan fingerprint density at radius 1 is 1.11 bits per heavy atom. The van der Waals surface area contributed by atoms with E-state index in [2.05, 4.69) is 42.1 Å². The number of carbonyl (C=O) groups excluding carboxylic acids is 2. The minimum atomic E-state index is -0.824. The molecule has 36 heavy (non-hydrogen) atoms. The molecule has 0 aliphatic heterocycles. The second-order valence-corrected chi connectivity index (χ2v) is 11.0. The summed E-state index contributed by atoms with van der Waals surface area (Å²) in [5.41, 5.74) is 2.58. The van der Waals surface area contributed by atoms with Crippen LogP contribution >= 0.6 is 0 Å². The summed E-state index contributed by atoms with van der Waals surface area (Å²) in [4.78, 5) is 34.5. The van der Waals surface area contributed by atoms with E-state index in [-0.39, 0.29) is 23.7 Å². The number of amides is 1. The number of nitrogens with zero attached hydrogens (tertiary/aromatic N) is 3. The number of aromatic nitrogens is 2. The molecule has 0 saturated heterocycles. The average molecular weight is 487 g/mol. The molecule has 1 N–H and O–H groups in total. The van der Waals surface area contributed by atoms with Crippen molar-refractivity contribution in [3.05, 3.63) is 71.6 Å². The quantitative estimate of drug-likeness (QED) is 0.580. The Labute approximate surface area is 213 Å². The van der Waals surface area contributed by atoms with Gasteiger partial charge in [0.1, 0.15) is 17.7 Å². The van der Waals surface area contributed by atoms with Crippen LogP contribution in [0.25, 0.3) is 11.4 Å². The van der Waals surface area contributed by atoms with Gasteiger partial charge in [-0.25, -0.2) is 14.8 Å². The van der Waals surface area contributed by atoms with Gasteiger partial charge < -0.3 is 10.1 Å². The van der Waals surface area contributed by atoms with Crippen molar-refractivity contribution < 1.29 is 14.3 Å². The average Bonchev–Trinajstić information content (AvgIpc) is 2.82. The second-order valence-electron chi connectivity index (χ2n) is 11.0. The van der Waals surface area contributed by atoms with Crippen molar-refractivity contribution in [2.75, 3.05) is 0 Å². The third-order valence-electron chi connectivity index (χ3n) is 5.74. The van der Waals surface area contributed by atoms with Gasteiger partial charge in [0, 0.05) is 24.4 Å². The molecule has 2 aromatic rings. The topological polar surface area (TPSA) is 105 Å². The number of ether oxygens (including phenoxy) is 1. The van der Waals surface area contributed by atoms with Crippen LogP contribution in [0.3, 0.4) is 0 Å². The van der Waals surface area contributed by atoms with Gasteiger partial charge in [0.2, 0.25) is 5.91 Å². The van der Waals surface area contributed by atoms with E-state index >= 15 is 0 Å². The Morgan fingerprint density at radius 3 is 2.25 bits per heavy atom. The lowest BCUT2D eigenvalue weighted by atomic mass is 9.81. The van der Waals surface area contributed by atoms with Crippen LogP contribution in [-0.2, 0) is 20.7 Å². The van der Waals surface area contributed by atoms with Gasteiger partial charge in [-0.05, 0) is 43.7 Å². The zero-order valence-corrected chi connectivity index (χ0v) is 21.8. The third-order valence-corrected chi connectivity index (χ3v) is 5.74. The molecule has 2 atom stereocenters. The number of esters is 1. The first-order chi connectivity index (χ1) is 16.9. The second kappa shape index (κ2) is 10.9. The van der Waals surface area contributed by atoms with Crippen LogP contribution < -0.4 is 5.32 Å². The number of hydrogen-bond donors (Lipinski definition) is 1. The molecule has 188 valence electrons. The lowest BCUT2D eigenvalue weighted by Gasteiger charge is -2.27. The summed E-state index contributed by atoms with van der Waals surface area (Å²) in [7, 11) is 0. The molecule has 1 unspecified atom stereocenters. The van der Waals surface area contributed by atoms with E-state index < -0.39 is 17.6 Å². The Balaban J connectivity index is 1.73. The summed E-state index contributed by atoms with van der Waals surface area (Å²) in [5.74, 6) is -0.503. The highest BCUT2D eigenvalue weighted by atomic mass is 16.6. The van der Waals surface area contributed by atoms with Crippen molar-refractivity contribution in [3.8, 4) is 17.5 Å². The monoisotopic (exact) mass is 486 g/mol. The zero-order chi connectivity index (χ0) is 26.5. The highest BCUT2D eigenvalue weighted by Crippen LogP contribution is 2.31. The summed E-state index contributed by atoms with van der Waals surface area (Å²) in [6, 6.07) is 8.63. The molecular weight excluding hydrogens is 452 g/mol. The molecule has 0 saturated carbocycles. The van der Waals surface area contributed by atoms with Gasteiger partial charge in [-0.3, -0.25) is 4.79 Å². The third kappa shape index (κ3) is 7.35. The minimum Gasteiger partial charge on any atom is -0.458 e. The molecular formula is C29H34N4O3. The van der Waals surface area contributed by atoms with Crippen molar-refractivity contribution in [2.45, 2.75) is 66.0 Å². The van der Waals surface area contributed by atoms with Gasteiger partial charge >= 0.3 is 5.97 Å². The van der Waals surface area contributed by atoms with Gasteiger partial charge in [-0.2, -0.15) is 5.26 Å². The van der Waals surface area contributed by atoms with E-state index in [9.17, 15) is 9.59 Å². The van der Waals surface area contributed by atoms with Crippen molar-refractivity contribution in [1.82, 2.24) is 15.3 Å². The molecule has 1 aromatic heterocycles. The molecule has 0 radical (unpaired) electrons. The van der Waals surface area contributed by atoms with E-state index in [0.717, 1.165) is 11.1 Å². The highest BCUT2D eigenvalue weighted by molar-refractivity contribution is 5.87. The summed E-state index contributed by atoms with van der Waals surface area (Å²) in [6.07, 6.45) is 9.84. The number of benzene rings is 1. The molecule has 1 aliphatic carbocycles. The first-order valence-corrected chi connectivity index (χ1v) is 12.1. The Hall–Kier alpha value is -3.79. The van der Waals surface area contributed by atoms with E-state index in [4.69, 9.17) is 10.00 Å². The standard InChI is InChI=1S/C29H34N4O3/c1-28(2,3)23-13-11-22(12-14-23)26(34)33-24(27(35)36-29(4,5)6)15-19-7-9-21(10-8-19)25-31-17-20(16-30)18-32-25/h7-11,13-14,17-18,22,24H,12,15H2,1-6H3,(H,33,34)/t22?,24-/m0/s1. The number of carbonyl (C=O) groups is 2. The Morgan fingerprint density at radius 2 is 1.75 bits per heavy atom. The van der Waals surface area contributed by atoms with Crippen LogP contribution in [0.5, 0.6) is 0 Å². The maximum absolute atomic E-state index is 13.1. The van der Waals surface area contributed by atoms with E-state index in [1.165, 1.54) is 18.0 Å². The summed E-state index contributed by atoms with van der Waals surface area (Å²) >= 11 is 0. The normalized spacial score (nSPS) is 16.5. The van der Waals surface area contributed by atoms with Crippen molar-refractivity contribution in [3.63, 3.8) is 0 Å². The number of nitriles is 1. The molecule has 1 heterocycles. The first kappa shape index (κ1) is 26.8. The van der Waals surface area contributed by atoms with Crippen molar-refractivity contribution in [2.24, 2.45) is 11.3 Å². The SMILES string of the molecule is CC(C)(C)OC(=O)[C@H](Cc1ccc(-c2ncc(C#N)cn2)cc1)NC(=O)C1C=CC(C(C)(C)C)=CC1. The number of nitrogens with one attached hydrogen (secondary N) is 1. The van der Waals surface area contributed by atoms with Gasteiger partial charge in [-0.15, -0.1) is 0 Å². The van der Waals surface area contributed by atoms with Crippen LogP contribution in [0.2, 0.25) is 0 Å².